The van der Waals surface area contributed by atoms with E-state index in [1.54, 1.807) is 0 Å². The number of nitrogens with one attached hydrogen (secondary N) is 2. The molecule has 2 atom stereocenters. The Balaban J connectivity index is 1.75. The van der Waals surface area contributed by atoms with Gasteiger partial charge in [-0.25, -0.2) is 4.79 Å². The highest BCUT2D eigenvalue weighted by Crippen LogP contribution is 2.22. The molecule has 142 valence electrons. The zero-order valence-corrected chi connectivity index (χ0v) is 15.3. The van der Waals surface area contributed by atoms with Gasteiger partial charge in [0.25, 0.3) is 0 Å². The molecule has 1 heterocycles. The van der Waals surface area contributed by atoms with E-state index in [2.05, 4.69) is 15.5 Å². The van der Waals surface area contributed by atoms with E-state index in [4.69, 9.17) is 5.73 Å². The van der Waals surface area contributed by atoms with Crippen LogP contribution in [0.1, 0.15) is 64.7 Å². The second-order valence-corrected chi connectivity index (χ2v) is 7.48. The third-order valence-corrected chi connectivity index (χ3v) is 5.45. The summed E-state index contributed by atoms with van der Waals surface area (Å²) in [5, 5.41) is 5.39. The molecule has 0 spiro atoms. The fourth-order valence-electron chi connectivity index (χ4n) is 3.88. The molecule has 0 radical (unpaired) electrons. The van der Waals surface area contributed by atoms with Crippen molar-refractivity contribution in [1.82, 2.24) is 15.5 Å². The number of urea groups is 1. The standard InChI is InChI=1S/C18H32N4O3/c1-13(22-11-5-6-14(12-22)9-10-16(19)23)17(24)21-18(25)20-15-7-3-2-4-8-15/h13-15H,2-12H2,1H3,(H2,19,23)(H2,20,21,24,25). The molecule has 1 saturated heterocycles. The lowest BCUT2D eigenvalue weighted by Crippen LogP contribution is -2.53. The Morgan fingerprint density at radius 1 is 1.12 bits per heavy atom. The Kier molecular flexibility index (Phi) is 7.68. The van der Waals surface area contributed by atoms with Crippen LogP contribution >= 0.6 is 0 Å². The summed E-state index contributed by atoms with van der Waals surface area (Å²) in [6, 6.07) is -0.551. The maximum Gasteiger partial charge on any atom is 0.321 e. The Labute approximate surface area is 150 Å². The van der Waals surface area contributed by atoms with Gasteiger partial charge in [-0.05, 0) is 51.5 Å². The van der Waals surface area contributed by atoms with Crippen molar-refractivity contribution >= 4 is 17.8 Å². The van der Waals surface area contributed by atoms with Crippen molar-refractivity contribution in [2.75, 3.05) is 13.1 Å². The summed E-state index contributed by atoms with van der Waals surface area (Å²) in [6.07, 6.45) is 8.68. The second-order valence-electron chi connectivity index (χ2n) is 7.48. The topological polar surface area (TPSA) is 105 Å². The predicted molar refractivity (Wildman–Crippen MR) is 95.7 cm³/mol. The van der Waals surface area contributed by atoms with Crippen molar-refractivity contribution in [2.24, 2.45) is 11.7 Å². The van der Waals surface area contributed by atoms with E-state index < -0.39 is 0 Å². The zero-order valence-electron chi connectivity index (χ0n) is 15.3. The first-order valence-electron chi connectivity index (χ1n) is 9.59. The van der Waals surface area contributed by atoms with Crippen LogP contribution in [0.4, 0.5) is 4.79 Å². The molecule has 0 aromatic heterocycles. The second kappa shape index (κ2) is 9.75. The Morgan fingerprint density at radius 3 is 2.52 bits per heavy atom. The lowest BCUT2D eigenvalue weighted by Gasteiger charge is -2.36. The van der Waals surface area contributed by atoms with Crippen LogP contribution in [0, 0.1) is 5.92 Å². The number of carbonyl (C=O) groups is 3. The van der Waals surface area contributed by atoms with Crippen LogP contribution in [0.3, 0.4) is 0 Å². The number of hydrogen-bond acceptors (Lipinski definition) is 4. The van der Waals surface area contributed by atoms with Gasteiger partial charge < -0.3 is 11.1 Å². The van der Waals surface area contributed by atoms with Crippen molar-refractivity contribution in [1.29, 1.82) is 0 Å². The molecule has 4 N–H and O–H groups in total. The summed E-state index contributed by atoms with van der Waals surface area (Å²) in [4.78, 5) is 37.5. The number of carbonyl (C=O) groups excluding carboxylic acids is 3. The summed E-state index contributed by atoms with van der Waals surface area (Å²) in [6.45, 7) is 3.44. The van der Waals surface area contributed by atoms with E-state index in [9.17, 15) is 14.4 Å². The minimum atomic E-state index is -0.383. The normalized spacial score (nSPS) is 23.6. The first-order valence-corrected chi connectivity index (χ1v) is 9.59. The molecular formula is C18H32N4O3. The van der Waals surface area contributed by atoms with Gasteiger partial charge in [-0.15, -0.1) is 0 Å². The number of hydrogen-bond donors (Lipinski definition) is 3. The SMILES string of the molecule is CC(C(=O)NC(=O)NC1CCCCC1)N1CCCC(CCC(N)=O)C1. The van der Waals surface area contributed by atoms with Gasteiger partial charge in [-0.1, -0.05) is 19.3 Å². The molecule has 1 saturated carbocycles. The first-order chi connectivity index (χ1) is 12.0. The van der Waals surface area contributed by atoms with Crippen LogP contribution < -0.4 is 16.4 Å². The highest BCUT2D eigenvalue weighted by atomic mass is 16.2. The van der Waals surface area contributed by atoms with Gasteiger partial charge in [0.15, 0.2) is 0 Å². The first kappa shape index (κ1) is 19.7. The summed E-state index contributed by atoms with van der Waals surface area (Å²) in [5.41, 5.74) is 5.22. The predicted octanol–water partition coefficient (Wildman–Crippen LogP) is 1.51. The van der Waals surface area contributed by atoms with Crippen LogP contribution in [0.2, 0.25) is 0 Å². The molecule has 4 amide bonds. The molecular weight excluding hydrogens is 320 g/mol. The minimum Gasteiger partial charge on any atom is -0.370 e. The van der Waals surface area contributed by atoms with Crippen LogP contribution in [0.25, 0.3) is 0 Å². The highest BCUT2D eigenvalue weighted by molar-refractivity contribution is 5.96. The summed E-state index contributed by atoms with van der Waals surface area (Å²) >= 11 is 0. The van der Waals surface area contributed by atoms with Gasteiger partial charge in [0.1, 0.15) is 0 Å². The zero-order chi connectivity index (χ0) is 18.2. The summed E-state index contributed by atoms with van der Waals surface area (Å²) < 4.78 is 0. The number of rotatable bonds is 6. The van der Waals surface area contributed by atoms with Crippen LogP contribution in [-0.2, 0) is 9.59 Å². The van der Waals surface area contributed by atoms with Gasteiger partial charge in [0.05, 0.1) is 6.04 Å². The van der Waals surface area contributed by atoms with Crippen molar-refractivity contribution in [2.45, 2.75) is 76.8 Å². The number of primary amides is 1. The van der Waals surface area contributed by atoms with E-state index in [1.807, 2.05) is 6.92 Å². The summed E-state index contributed by atoms with van der Waals surface area (Å²) in [7, 11) is 0. The molecule has 2 aliphatic rings. The van der Waals surface area contributed by atoms with Gasteiger partial charge in [0.2, 0.25) is 11.8 Å². The molecule has 0 bridgehead atoms. The molecule has 0 aromatic carbocycles. The van der Waals surface area contributed by atoms with E-state index in [1.165, 1.54) is 6.42 Å². The maximum absolute atomic E-state index is 12.4. The lowest BCUT2D eigenvalue weighted by atomic mass is 9.92. The molecule has 1 aliphatic heterocycles. The molecule has 7 nitrogen and oxygen atoms in total. The molecule has 25 heavy (non-hydrogen) atoms. The van der Waals surface area contributed by atoms with Crippen molar-refractivity contribution < 1.29 is 14.4 Å². The van der Waals surface area contributed by atoms with E-state index in [-0.39, 0.29) is 29.9 Å². The van der Waals surface area contributed by atoms with E-state index in [0.717, 1.165) is 58.0 Å². The third kappa shape index (κ3) is 6.65. The van der Waals surface area contributed by atoms with Crippen LogP contribution in [0.5, 0.6) is 0 Å². The van der Waals surface area contributed by atoms with E-state index in [0.29, 0.717) is 12.3 Å². The largest absolute Gasteiger partial charge is 0.370 e. The maximum atomic E-state index is 12.4. The highest BCUT2D eigenvalue weighted by Gasteiger charge is 2.28. The number of amides is 4. The van der Waals surface area contributed by atoms with Gasteiger partial charge >= 0.3 is 6.03 Å². The van der Waals surface area contributed by atoms with Crippen molar-refractivity contribution in [3.8, 4) is 0 Å². The lowest BCUT2D eigenvalue weighted by molar-refractivity contribution is -0.125. The van der Waals surface area contributed by atoms with Gasteiger partial charge in [-0.2, -0.15) is 0 Å². The van der Waals surface area contributed by atoms with E-state index >= 15 is 0 Å². The Bertz CT molecular complexity index is 477. The van der Waals surface area contributed by atoms with Gasteiger partial charge in [0, 0.05) is 19.0 Å². The number of likely N-dealkylation sites (tertiary alicyclic amines) is 1. The smallest absolute Gasteiger partial charge is 0.321 e. The molecule has 7 heteroatoms. The van der Waals surface area contributed by atoms with Crippen LogP contribution in [-0.4, -0.2) is 47.9 Å². The van der Waals surface area contributed by atoms with Crippen molar-refractivity contribution in [3.05, 3.63) is 0 Å². The Morgan fingerprint density at radius 2 is 1.84 bits per heavy atom. The number of piperidine rings is 1. The average Bonchev–Trinajstić information content (AvgIpc) is 2.60. The fourth-order valence-corrected chi connectivity index (χ4v) is 3.88. The number of imide groups is 1. The molecule has 1 aliphatic carbocycles. The monoisotopic (exact) mass is 352 g/mol. The van der Waals surface area contributed by atoms with Gasteiger partial charge in [-0.3, -0.25) is 19.8 Å². The van der Waals surface area contributed by atoms with Crippen molar-refractivity contribution in [3.63, 3.8) is 0 Å². The Hall–Kier alpha value is -1.63. The summed E-state index contributed by atoms with van der Waals surface area (Å²) in [5.74, 6) is -0.154. The molecule has 2 fully saturated rings. The third-order valence-electron chi connectivity index (χ3n) is 5.45. The fraction of sp³-hybridized carbons (Fsp3) is 0.833. The quantitative estimate of drug-likeness (QED) is 0.674. The minimum absolute atomic E-state index is 0.185. The van der Waals surface area contributed by atoms with Crippen LogP contribution in [0.15, 0.2) is 0 Å². The average molecular weight is 352 g/mol. The number of nitrogens with zero attached hydrogens (tertiary/aromatic N) is 1. The molecule has 2 unspecified atom stereocenters. The molecule has 2 rings (SSSR count). The molecule has 0 aromatic rings. The number of nitrogens with two attached hydrogens (primary N) is 1.